The smallest absolute Gasteiger partial charge is 0.275 e. The highest BCUT2D eigenvalue weighted by molar-refractivity contribution is 6.30. The van der Waals surface area contributed by atoms with Crippen LogP contribution in [0.3, 0.4) is 0 Å². The number of aliphatic imine (C=N–C) groups is 1. The van der Waals surface area contributed by atoms with Crippen LogP contribution in [0.15, 0.2) is 65.3 Å². The fraction of sp³-hybridized carbons (Fsp3) is 0. The van der Waals surface area contributed by atoms with E-state index in [4.69, 9.17) is 11.6 Å². The number of amidine groups is 1. The molecule has 0 bridgehead atoms. The van der Waals surface area contributed by atoms with Crippen LogP contribution in [0.5, 0.6) is 0 Å². The predicted octanol–water partition coefficient (Wildman–Crippen LogP) is 3.26. The molecule has 0 aromatic heterocycles. The lowest BCUT2D eigenvalue weighted by molar-refractivity contribution is -0.115. The van der Waals surface area contributed by atoms with E-state index in [1.165, 1.54) is 0 Å². The SMILES string of the molecule is O=C1NC(c2ccccc2)=N/C1=C\c1cccc(Cl)c1. The standard InChI is InChI=1S/C16H11ClN2O/c17-13-8-4-5-11(9-13)10-14-16(20)19-15(18-14)12-6-2-1-3-7-12/h1-10H,(H,18,19,20)/b14-10-. The van der Waals surface area contributed by atoms with E-state index < -0.39 is 0 Å². The molecular weight excluding hydrogens is 272 g/mol. The lowest BCUT2D eigenvalue weighted by atomic mass is 10.2. The minimum Gasteiger partial charge on any atom is -0.305 e. The second-order valence-electron chi connectivity index (χ2n) is 4.37. The third-order valence-electron chi connectivity index (χ3n) is 2.90. The van der Waals surface area contributed by atoms with Crippen LogP contribution in [0.25, 0.3) is 6.08 Å². The van der Waals surface area contributed by atoms with Gasteiger partial charge in [0.2, 0.25) is 0 Å². The van der Waals surface area contributed by atoms with Crippen molar-refractivity contribution >= 4 is 29.4 Å². The third-order valence-corrected chi connectivity index (χ3v) is 3.13. The van der Waals surface area contributed by atoms with Gasteiger partial charge in [-0.15, -0.1) is 0 Å². The topological polar surface area (TPSA) is 41.5 Å². The molecule has 4 heteroatoms. The van der Waals surface area contributed by atoms with Crippen molar-refractivity contribution in [1.82, 2.24) is 5.32 Å². The molecule has 0 aliphatic carbocycles. The summed E-state index contributed by atoms with van der Waals surface area (Å²) in [6.45, 7) is 0. The maximum Gasteiger partial charge on any atom is 0.275 e. The molecule has 1 heterocycles. The summed E-state index contributed by atoms with van der Waals surface area (Å²) in [5, 5.41) is 3.39. The maximum atomic E-state index is 11.9. The Labute approximate surface area is 121 Å². The summed E-state index contributed by atoms with van der Waals surface area (Å²) in [7, 11) is 0. The monoisotopic (exact) mass is 282 g/mol. The lowest BCUT2D eigenvalue weighted by Crippen LogP contribution is -2.24. The molecule has 3 nitrogen and oxygen atoms in total. The molecule has 0 atom stereocenters. The van der Waals surface area contributed by atoms with E-state index >= 15 is 0 Å². The van der Waals surface area contributed by atoms with E-state index in [1.54, 1.807) is 18.2 Å². The summed E-state index contributed by atoms with van der Waals surface area (Å²) in [6.07, 6.45) is 1.72. The number of carbonyl (C=O) groups excluding carboxylic acids is 1. The Hall–Kier alpha value is -2.39. The van der Waals surface area contributed by atoms with Gasteiger partial charge in [-0.25, -0.2) is 4.99 Å². The van der Waals surface area contributed by atoms with Crippen molar-refractivity contribution in [3.8, 4) is 0 Å². The van der Waals surface area contributed by atoms with Gasteiger partial charge in [-0.2, -0.15) is 0 Å². The molecule has 2 aromatic carbocycles. The van der Waals surface area contributed by atoms with Crippen LogP contribution in [-0.4, -0.2) is 11.7 Å². The number of amides is 1. The number of hydrogen-bond donors (Lipinski definition) is 1. The van der Waals surface area contributed by atoms with Gasteiger partial charge in [-0.1, -0.05) is 54.1 Å². The number of halogens is 1. The second kappa shape index (κ2) is 5.31. The fourth-order valence-corrected chi connectivity index (χ4v) is 2.15. The lowest BCUT2D eigenvalue weighted by Gasteiger charge is -1.98. The number of nitrogens with zero attached hydrogens (tertiary/aromatic N) is 1. The van der Waals surface area contributed by atoms with Gasteiger partial charge < -0.3 is 5.32 Å². The molecule has 0 fully saturated rings. The van der Waals surface area contributed by atoms with Crippen molar-refractivity contribution in [3.05, 3.63) is 76.4 Å². The molecule has 20 heavy (non-hydrogen) atoms. The first kappa shape index (κ1) is 12.6. The van der Waals surface area contributed by atoms with Crippen molar-refractivity contribution < 1.29 is 4.79 Å². The molecule has 0 saturated carbocycles. The molecule has 0 radical (unpaired) electrons. The van der Waals surface area contributed by atoms with Crippen molar-refractivity contribution in [2.75, 3.05) is 0 Å². The molecule has 1 amide bonds. The van der Waals surface area contributed by atoms with Crippen LogP contribution in [-0.2, 0) is 4.79 Å². The Morgan fingerprint density at radius 2 is 1.85 bits per heavy atom. The summed E-state index contributed by atoms with van der Waals surface area (Å²) >= 11 is 5.93. The fourth-order valence-electron chi connectivity index (χ4n) is 1.96. The Balaban J connectivity index is 1.95. The number of nitrogens with one attached hydrogen (secondary N) is 1. The average molecular weight is 283 g/mol. The van der Waals surface area contributed by atoms with Gasteiger partial charge in [0.15, 0.2) is 0 Å². The number of hydrogen-bond acceptors (Lipinski definition) is 2. The van der Waals surface area contributed by atoms with Crippen molar-refractivity contribution in [2.24, 2.45) is 4.99 Å². The molecule has 2 aromatic rings. The van der Waals surface area contributed by atoms with E-state index in [0.29, 0.717) is 16.6 Å². The third kappa shape index (κ3) is 2.63. The first-order valence-corrected chi connectivity index (χ1v) is 6.53. The van der Waals surface area contributed by atoms with Crippen LogP contribution in [0, 0.1) is 0 Å². The minimum absolute atomic E-state index is 0.205. The van der Waals surface area contributed by atoms with Crippen molar-refractivity contribution in [2.45, 2.75) is 0 Å². The van der Waals surface area contributed by atoms with E-state index in [-0.39, 0.29) is 5.91 Å². The normalized spacial score (nSPS) is 16.1. The molecule has 98 valence electrons. The molecule has 3 rings (SSSR count). The van der Waals surface area contributed by atoms with Crippen LogP contribution in [0.1, 0.15) is 11.1 Å². The summed E-state index contributed by atoms with van der Waals surface area (Å²) in [5.74, 6) is 0.368. The summed E-state index contributed by atoms with van der Waals surface area (Å²) < 4.78 is 0. The largest absolute Gasteiger partial charge is 0.305 e. The van der Waals surface area contributed by atoms with Gasteiger partial charge in [-0.3, -0.25) is 4.79 Å². The molecule has 0 spiro atoms. The zero-order valence-electron chi connectivity index (χ0n) is 10.5. The molecule has 1 aliphatic heterocycles. The van der Waals surface area contributed by atoms with E-state index in [2.05, 4.69) is 10.3 Å². The quantitative estimate of drug-likeness (QED) is 0.844. The minimum atomic E-state index is -0.205. The zero-order valence-corrected chi connectivity index (χ0v) is 11.3. The van der Waals surface area contributed by atoms with Gasteiger partial charge in [0, 0.05) is 10.6 Å². The van der Waals surface area contributed by atoms with Gasteiger partial charge in [-0.05, 0) is 23.8 Å². The summed E-state index contributed by atoms with van der Waals surface area (Å²) in [5.41, 5.74) is 2.11. The molecule has 0 unspecified atom stereocenters. The summed E-state index contributed by atoms with van der Waals surface area (Å²) in [4.78, 5) is 16.3. The van der Waals surface area contributed by atoms with Gasteiger partial charge in [0.1, 0.15) is 11.5 Å². The molecule has 1 aliphatic rings. The van der Waals surface area contributed by atoms with Crippen molar-refractivity contribution in [1.29, 1.82) is 0 Å². The predicted molar refractivity (Wildman–Crippen MR) is 80.6 cm³/mol. The Morgan fingerprint density at radius 1 is 1.05 bits per heavy atom. The van der Waals surface area contributed by atoms with Crippen molar-refractivity contribution in [3.63, 3.8) is 0 Å². The highest BCUT2D eigenvalue weighted by Gasteiger charge is 2.20. The van der Waals surface area contributed by atoms with E-state index in [1.807, 2.05) is 42.5 Å². The van der Waals surface area contributed by atoms with Crippen LogP contribution in [0.4, 0.5) is 0 Å². The molecular formula is C16H11ClN2O. The van der Waals surface area contributed by atoms with Crippen LogP contribution >= 0.6 is 11.6 Å². The zero-order chi connectivity index (χ0) is 13.9. The molecule has 0 saturated heterocycles. The van der Waals surface area contributed by atoms with E-state index in [9.17, 15) is 4.79 Å². The number of rotatable bonds is 2. The Morgan fingerprint density at radius 3 is 2.60 bits per heavy atom. The van der Waals surface area contributed by atoms with Crippen LogP contribution < -0.4 is 5.32 Å². The van der Waals surface area contributed by atoms with E-state index in [0.717, 1.165) is 11.1 Å². The second-order valence-corrected chi connectivity index (χ2v) is 4.80. The average Bonchev–Trinajstić information content (AvgIpc) is 2.81. The Kier molecular flexibility index (Phi) is 3.35. The van der Waals surface area contributed by atoms with Crippen LogP contribution in [0.2, 0.25) is 5.02 Å². The molecule has 1 N–H and O–H groups in total. The highest BCUT2D eigenvalue weighted by Crippen LogP contribution is 2.17. The first-order chi connectivity index (χ1) is 9.72. The van der Waals surface area contributed by atoms with Gasteiger partial charge in [0.05, 0.1) is 0 Å². The number of benzene rings is 2. The van der Waals surface area contributed by atoms with Gasteiger partial charge in [0.25, 0.3) is 5.91 Å². The highest BCUT2D eigenvalue weighted by atomic mass is 35.5. The summed E-state index contributed by atoms with van der Waals surface area (Å²) in [6, 6.07) is 16.8. The maximum absolute atomic E-state index is 11.9. The Bertz CT molecular complexity index is 720. The van der Waals surface area contributed by atoms with Gasteiger partial charge >= 0.3 is 0 Å². The first-order valence-electron chi connectivity index (χ1n) is 6.15. The number of carbonyl (C=O) groups is 1.